The van der Waals surface area contributed by atoms with Gasteiger partial charge in [0, 0.05) is 5.56 Å². The Kier molecular flexibility index (Phi) is 4.59. The van der Waals surface area contributed by atoms with Crippen molar-refractivity contribution in [3.63, 3.8) is 0 Å². The average molecular weight is 315 g/mol. The van der Waals surface area contributed by atoms with E-state index in [9.17, 15) is 4.79 Å². The van der Waals surface area contributed by atoms with Gasteiger partial charge in [0.15, 0.2) is 12.4 Å². The van der Waals surface area contributed by atoms with Crippen LogP contribution in [0.2, 0.25) is 0 Å². The molecule has 0 unspecified atom stereocenters. The van der Waals surface area contributed by atoms with Gasteiger partial charge in [0.1, 0.15) is 11.8 Å². The summed E-state index contributed by atoms with van der Waals surface area (Å²) in [4.78, 5) is 20.9. The molecule has 116 valence electrons. The second kappa shape index (κ2) is 7.16. The number of hydrogen-bond acceptors (Lipinski definition) is 5. The predicted octanol–water partition coefficient (Wildman–Crippen LogP) is 3.43. The molecule has 0 fully saturated rings. The molecule has 0 aliphatic carbocycles. The van der Waals surface area contributed by atoms with E-state index in [4.69, 9.17) is 10.00 Å². The van der Waals surface area contributed by atoms with Crippen molar-refractivity contribution in [1.29, 1.82) is 5.26 Å². The predicted molar refractivity (Wildman–Crippen MR) is 90.5 cm³/mol. The highest BCUT2D eigenvalue weighted by molar-refractivity contribution is 6.06. The lowest BCUT2D eigenvalue weighted by Gasteiger charge is -2.02. The molecule has 0 radical (unpaired) electrons. The van der Waals surface area contributed by atoms with Crippen molar-refractivity contribution in [1.82, 2.24) is 9.97 Å². The van der Waals surface area contributed by atoms with Crippen LogP contribution in [0.3, 0.4) is 0 Å². The van der Waals surface area contributed by atoms with E-state index < -0.39 is 0 Å². The van der Waals surface area contributed by atoms with E-state index in [0.29, 0.717) is 17.0 Å². The number of benzene rings is 2. The van der Waals surface area contributed by atoms with Crippen molar-refractivity contribution in [3.8, 4) is 11.8 Å². The van der Waals surface area contributed by atoms with Crippen LogP contribution in [-0.2, 0) is 0 Å². The first-order chi connectivity index (χ1) is 11.8. The molecule has 0 saturated heterocycles. The maximum Gasteiger partial charge on any atom is 0.185 e. The lowest BCUT2D eigenvalue weighted by Crippen LogP contribution is -1.97. The standard InChI is InChI=1S/C19H13N3O2/c20-11-12-24-16-8-5-14(6-9-16)19(23)10-7-15-13-21-17-3-1-2-4-18(17)22-15/h1-10,13H,12H2/b10-7+. The van der Waals surface area contributed by atoms with Gasteiger partial charge in [-0.2, -0.15) is 5.26 Å². The zero-order valence-corrected chi connectivity index (χ0v) is 12.7. The molecule has 0 spiro atoms. The van der Waals surface area contributed by atoms with Gasteiger partial charge in [0.25, 0.3) is 0 Å². The topological polar surface area (TPSA) is 75.9 Å². The van der Waals surface area contributed by atoms with Crippen LogP contribution < -0.4 is 4.74 Å². The van der Waals surface area contributed by atoms with Crippen molar-refractivity contribution >= 4 is 22.9 Å². The first kappa shape index (κ1) is 15.4. The van der Waals surface area contributed by atoms with E-state index in [0.717, 1.165) is 11.0 Å². The van der Waals surface area contributed by atoms with Crippen molar-refractivity contribution in [2.45, 2.75) is 0 Å². The number of fused-ring (bicyclic) bond motifs is 1. The molecular formula is C19H13N3O2. The highest BCUT2D eigenvalue weighted by Crippen LogP contribution is 2.14. The number of allylic oxidation sites excluding steroid dienone is 1. The Hall–Kier alpha value is -3.52. The van der Waals surface area contributed by atoms with Crippen LogP contribution in [0, 0.1) is 11.3 Å². The van der Waals surface area contributed by atoms with E-state index in [2.05, 4.69) is 9.97 Å². The molecule has 1 heterocycles. The van der Waals surface area contributed by atoms with Crippen molar-refractivity contribution in [3.05, 3.63) is 72.1 Å². The smallest absolute Gasteiger partial charge is 0.185 e. The zero-order valence-electron chi connectivity index (χ0n) is 12.7. The van der Waals surface area contributed by atoms with Gasteiger partial charge in [-0.05, 0) is 48.6 Å². The summed E-state index contributed by atoms with van der Waals surface area (Å²) in [7, 11) is 0. The Morgan fingerprint density at radius 2 is 1.88 bits per heavy atom. The summed E-state index contributed by atoms with van der Waals surface area (Å²) in [5.41, 5.74) is 2.75. The summed E-state index contributed by atoms with van der Waals surface area (Å²) >= 11 is 0. The van der Waals surface area contributed by atoms with Gasteiger partial charge < -0.3 is 4.74 Å². The molecule has 2 aromatic carbocycles. The first-order valence-electron chi connectivity index (χ1n) is 7.30. The largest absolute Gasteiger partial charge is 0.479 e. The third-order valence-electron chi connectivity index (χ3n) is 3.31. The minimum Gasteiger partial charge on any atom is -0.479 e. The van der Waals surface area contributed by atoms with Gasteiger partial charge >= 0.3 is 0 Å². The maximum atomic E-state index is 12.2. The molecule has 0 bridgehead atoms. The number of carbonyl (C=O) groups is 1. The summed E-state index contributed by atoms with van der Waals surface area (Å²) in [6, 6.07) is 16.1. The number of ether oxygens (including phenoxy) is 1. The lowest BCUT2D eigenvalue weighted by atomic mass is 10.1. The van der Waals surface area contributed by atoms with E-state index in [1.54, 1.807) is 36.5 Å². The minimum atomic E-state index is -0.142. The molecule has 0 atom stereocenters. The average Bonchev–Trinajstić information content (AvgIpc) is 2.64. The molecule has 0 N–H and O–H groups in total. The Morgan fingerprint density at radius 3 is 2.62 bits per heavy atom. The fraction of sp³-hybridized carbons (Fsp3) is 0.0526. The number of rotatable bonds is 5. The fourth-order valence-electron chi connectivity index (χ4n) is 2.14. The minimum absolute atomic E-state index is 0.0200. The Bertz CT molecular complexity index is 941. The number of hydrogen-bond donors (Lipinski definition) is 0. The van der Waals surface area contributed by atoms with Crippen LogP contribution in [0.5, 0.6) is 5.75 Å². The van der Waals surface area contributed by atoms with Crippen molar-refractivity contribution in [2.24, 2.45) is 0 Å². The highest BCUT2D eigenvalue weighted by atomic mass is 16.5. The third-order valence-corrected chi connectivity index (χ3v) is 3.31. The SMILES string of the molecule is N#CCOc1ccc(C(=O)/C=C/c2cnc3ccccc3n2)cc1. The van der Waals surface area contributed by atoms with Gasteiger partial charge in [-0.25, -0.2) is 4.98 Å². The molecule has 0 aliphatic rings. The summed E-state index contributed by atoms with van der Waals surface area (Å²) in [5, 5.41) is 8.47. The van der Waals surface area contributed by atoms with E-state index >= 15 is 0 Å². The van der Waals surface area contributed by atoms with E-state index in [1.807, 2.05) is 30.3 Å². The van der Waals surface area contributed by atoms with Crippen molar-refractivity contribution < 1.29 is 9.53 Å². The fourth-order valence-corrected chi connectivity index (χ4v) is 2.14. The highest BCUT2D eigenvalue weighted by Gasteiger charge is 2.03. The van der Waals surface area contributed by atoms with Gasteiger partial charge in [-0.3, -0.25) is 9.78 Å². The molecule has 0 aliphatic heterocycles. The Balaban J connectivity index is 1.73. The van der Waals surface area contributed by atoms with Crippen LogP contribution in [0.4, 0.5) is 0 Å². The van der Waals surface area contributed by atoms with Crippen LogP contribution in [-0.4, -0.2) is 22.4 Å². The van der Waals surface area contributed by atoms with Gasteiger partial charge in [-0.1, -0.05) is 12.1 Å². The van der Waals surface area contributed by atoms with E-state index in [-0.39, 0.29) is 12.4 Å². The molecular weight excluding hydrogens is 302 g/mol. The molecule has 3 rings (SSSR count). The molecule has 5 nitrogen and oxygen atoms in total. The summed E-state index contributed by atoms with van der Waals surface area (Å²) in [6.07, 6.45) is 4.73. The quantitative estimate of drug-likeness (QED) is 0.532. The molecule has 24 heavy (non-hydrogen) atoms. The van der Waals surface area contributed by atoms with Crippen LogP contribution >= 0.6 is 0 Å². The number of nitrogens with zero attached hydrogens (tertiary/aromatic N) is 3. The van der Waals surface area contributed by atoms with Crippen LogP contribution in [0.15, 0.2) is 60.8 Å². The Labute approximate surface area is 138 Å². The number of carbonyl (C=O) groups excluding carboxylic acids is 1. The maximum absolute atomic E-state index is 12.2. The summed E-state index contributed by atoms with van der Waals surface area (Å²) < 4.78 is 5.15. The van der Waals surface area contributed by atoms with Crippen molar-refractivity contribution in [2.75, 3.05) is 6.61 Å². The zero-order chi connectivity index (χ0) is 16.8. The Morgan fingerprint density at radius 1 is 1.12 bits per heavy atom. The molecule has 3 aromatic rings. The number of para-hydroxylation sites is 2. The second-order valence-corrected chi connectivity index (χ2v) is 4.95. The third kappa shape index (κ3) is 3.62. The lowest BCUT2D eigenvalue weighted by molar-refractivity contribution is 0.104. The number of nitriles is 1. The van der Waals surface area contributed by atoms with E-state index in [1.165, 1.54) is 6.08 Å². The van der Waals surface area contributed by atoms with Gasteiger partial charge in [-0.15, -0.1) is 0 Å². The first-order valence-corrected chi connectivity index (χ1v) is 7.30. The molecule has 0 amide bonds. The second-order valence-electron chi connectivity index (χ2n) is 4.95. The van der Waals surface area contributed by atoms with Gasteiger partial charge in [0.2, 0.25) is 0 Å². The van der Waals surface area contributed by atoms with Crippen LogP contribution in [0.25, 0.3) is 17.1 Å². The monoisotopic (exact) mass is 315 g/mol. The number of ketones is 1. The summed E-state index contributed by atoms with van der Waals surface area (Å²) in [6.45, 7) is -0.0200. The molecule has 1 aromatic heterocycles. The molecule has 5 heteroatoms. The van der Waals surface area contributed by atoms with Crippen LogP contribution in [0.1, 0.15) is 16.1 Å². The number of aromatic nitrogens is 2. The summed E-state index contributed by atoms with van der Waals surface area (Å²) in [5.74, 6) is 0.411. The molecule has 0 saturated carbocycles. The van der Waals surface area contributed by atoms with Gasteiger partial charge in [0.05, 0.1) is 22.9 Å². The normalized spacial score (nSPS) is 10.6.